The zero-order valence-electron chi connectivity index (χ0n) is 22.6. The number of aromatic amines is 1. The molecule has 4 heterocycles. The van der Waals surface area contributed by atoms with E-state index in [4.69, 9.17) is 9.47 Å². The summed E-state index contributed by atoms with van der Waals surface area (Å²) < 4.78 is 24.6. The number of carbonyl (C=O) groups is 2. The summed E-state index contributed by atoms with van der Waals surface area (Å²) >= 11 is 0. The summed E-state index contributed by atoms with van der Waals surface area (Å²) in [5.41, 5.74) is 1.26. The van der Waals surface area contributed by atoms with Crippen LogP contribution in [0.3, 0.4) is 0 Å². The number of aromatic nitrogens is 5. The fourth-order valence-corrected chi connectivity index (χ4v) is 4.56. The van der Waals surface area contributed by atoms with Crippen LogP contribution in [0.5, 0.6) is 0 Å². The largest absolute Gasteiger partial charge is 0.464 e. The Balaban J connectivity index is 1.57. The van der Waals surface area contributed by atoms with Crippen molar-refractivity contribution in [3.63, 3.8) is 0 Å². The van der Waals surface area contributed by atoms with E-state index >= 15 is 0 Å². The predicted octanol–water partition coefficient (Wildman–Crippen LogP) is 4.25. The van der Waals surface area contributed by atoms with Gasteiger partial charge in [0.25, 0.3) is 0 Å². The highest BCUT2D eigenvalue weighted by atomic mass is 19.1. The number of anilines is 1. The molecule has 0 unspecified atom stereocenters. The van der Waals surface area contributed by atoms with Gasteiger partial charge in [0.1, 0.15) is 22.5 Å². The number of alkyl carbamates (subject to hydrolysis) is 1. The highest BCUT2D eigenvalue weighted by Gasteiger charge is 2.32. The second kappa shape index (κ2) is 10.5. The number of fused-ring (bicyclic) bond motifs is 1. The summed E-state index contributed by atoms with van der Waals surface area (Å²) in [6.45, 7) is 9.91. The lowest BCUT2D eigenvalue weighted by Gasteiger charge is -2.30. The Kier molecular flexibility index (Phi) is 7.52. The standard InChI is InChI=1S/C26H34FN7O4/c1-25(2,3)38-24(36)31-26(4,5)10-9-17-16(12-15(27)13-28-17)19-8-7-11-34(19)23-29-14-18-20(30-23)21(33-32-18)22(35)37-6/h12-14,19H,7-11H2,1-6H3,(H,31,36)(H,32,33)/t19-/m1/s1. The van der Waals surface area contributed by atoms with Gasteiger partial charge in [0.15, 0.2) is 5.69 Å². The Labute approximate surface area is 220 Å². The van der Waals surface area contributed by atoms with E-state index in [0.29, 0.717) is 36.4 Å². The minimum Gasteiger partial charge on any atom is -0.464 e. The van der Waals surface area contributed by atoms with Crippen LogP contribution in [0, 0.1) is 5.82 Å². The summed E-state index contributed by atoms with van der Waals surface area (Å²) in [6, 6.07) is 1.30. The molecule has 0 aliphatic carbocycles. The third-order valence-corrected chi connectivity index (χ3v) is 6.33. The molecule has 11 nitrogen and oxygen atoms in total. The Morgan fingerprint density at radius 1 is 1.21 bits per heavy atom. The quantitative estimate of drug-likeness (QED) is 0.432. The van der Waals surface area contributed by atoms with E-state index < -0.39 is 29.0 Å². The first-order valence-electron chi connectivity index (χ1n) is 12.6. The minimum absolute atomic E-state index is 0.0785. The van der Waals surface area contributed by atoms with Crippen LogP contribution in [0.25, 0.3) is 11.0 Å². The van der Waals surface area contributed by atoms with Crippen molar-refractivity contribution in [2.24, 2.45) is 0 Å². The molecule has 1 aliphatic heterocycles. The van der Waals surface area contributed by atoms with Gasteiger partial charge in [0.2, 0.25) is 5.95 Å². The number of rotatable bonds is 7. The van der Waals surface area contributed by atoms with Gasteiger partial charge in [0, 0.05) is 17.8 Å². The van der Waals surface area contributed by atoms with Gasteiger partial charge in [-0.15, -0.1) is 0 Å². The van der Waals surface area contributed by atoms with Crippen LogP contribution in [0.2, 0.25) is 0 Å². The Bertz CT molecular complexity index is 1330. The maximum absolute atomic E-state index is 14.4. The molecule has 1 atom stereocenters. The minimum atomic E-state index is -0.600. The van der Waals surface area contributed by atoms with Gasteiger partial charge in [-0.2, -0.15) is 5.10 Å². The number of nitrogens with one attached hydrogen (secondary N) is 2. The summed E-state index contributed by atoms with van der Waals surface area (Å²) in [5, 5.41) is 9.66. The van der Waals surface area contributed by atoms with Crippen molar-refractivity contribution in [2.45, 2.75) is 77.5 Å². The molecule has 3 aromatic rings. The van der Waals surface area contributed by atoms with Crippen molar-refractivity contribution in [2.75, 3.05) is 18.6 Å². The van der Waals surface area contributed by atoms with Crippen LogP contribution >= 0.6 is 0 Å². The monoisotopic (exact) mass is 527 g/mol. The lowest BCUT2D eigenvalue weighted by atomic mass is 9.93. The maximum Gasteiger partial charge on any atom is 0.408 e. The summed E-state index contributed by atoms with van der Waals surface area (Å²) in [7, 11) is 1.28. The molecule has 3 aromatic heterocycles. The number of methoxy groups -OCH3 is 1. The van der Waals surface area contributed by atoms with Crippen LogP contribution < -0.4 is 10.2 Å². The number of hydrogen-bond acceptors (Lipinski definition) is 9. The molecule has 38 heavy (non-hydrogen) atoms. The zero-order chi connectivity index (χ0) is 27.7. The first kappa shape index (κ1) is 27.2. The molecule has 0 spiro atoms. The number of carbonyl (C=O) groups excluding carboxylic acids is 2. The first-order chi connectivity index (χ1) is 17.9. The summed E-state index contributed by atoms with van der Waals surface area (Å²) in [6.07, 6.45) is 4.97. The molecule has 0 bridgehead atoms. The van der Waals surface area contributed by atoms with Gasteiger partial charge in [-0.25, -0.2) is 23.9 Å². The highest BCUT2D eigenvalue weighted by molar-refractivity contribution is 6.00. The number of aryl methyl sites for hydroxylation is 1. The van der Waals surface area contributed by atoms with E-state index in [1.807, 2.05) is 39.5 Å². The lowest BCUT2D eigenvalue weighted by Crippen LogP contribution is -2.46. The Morgan fingerprint density at radius 3 is 2.68 bits per heavy atom. The normalized spacial score (nSPS) is 16.1. The van der Waals surface area contributed by atoms with Crippen LogP contribution in [-0.2, 0) is 15.9 Å². The lowest BCUT2D eigenvalue weighted by molar-refractivity contribution is 0.0467. The van der Waals surface area contributed by atoms with Crippen LogP contribution in [-0.4, -0.2) is 62.0 Å². The van der Waals surface area contributed by atoms with Crippen molar-refractivity contribution in [1.29, 1.82) is 0 Å². The smallest absolute Gasteiger partial charge is 0.408 e. The molecule has 204 valence electrons. The molecule has 1 saturated heterocycles. The topological polar surface area (TPSA) is 135 Å². The van der Waals surface area contributed by atoms with Gasteiger partial charge < -0.3 is 19.7 Å². The average Bonchev–Trinajstić information content (AvgIpc) is 3.48. The van der Waals surface area contributed by atoms with Crippen LogP contribution in [0.1, 0.15) is 81.7 Å². The number of esters is 1. The number of H-pyrrole nitrogens is 1. The van der Waals surface area contributed by atoms with E-state index in [2.05, 4.69) is 30.5 Å². The molecule has 1 fully saturated rings. The second-order valence-electron chi connectivity index (χ2n) is 11.0. The fraction of sp³-hybridized carbons (Fsp3) is 0.538. The van der Waals surface area contributed by atoms with Gasteiger partial charge in [-0.05, 0) is 71.9 Å². The van der Waals surface area contributed by atoms with Crippen LogP contribution in [0.4, 0.5) is 15.1 Å². The predicted molar refractivity (Wildman–Crippen MR) is 138 cm³/mol. The molecule has 0 radical (unpaired) electrons. The molecule has 0 aromatic carbocycles. The molecule has 12 heteroatoms. The van der Waals surface area contributed by atoms with Crippen molar-refractivity contribution in [3.8, 4) is 0 Å². The van der Waals surface area contributed by atoms with E-state index in [0.717, 1.165) is 24.1 Å². The number of nitrogens with zero attached hydrogens (tertiary/aromatic N) is 5. The van der Waals surface area contributed by atoms with E-state index in [1.54, 1.807) is 6.20 Å². The van der Waals surface area contributed by atoms with Crippen molar-refractivity contribution in [1.82, 2.24) is 30.5 Å². The number of hydrogen-bond donors (Lipinski definition) is 2. The summed E-state index contributed by atoms with van der Waals surface area (Å²) in [5.74, 6) is -0.618. The van der Waals surface area contributed by atoms with Crippen molar-refractivity contribution >= 4 is 29.0 Å². The SMILES string of the molecule is COC(=O)c1n[nH]c2cnc(N3CCC[C@@H]3c3cc(F)cnc3CCC(C)(C)NC(=O)OC(C)(C)C)nc12. The fourth-order valence-electron chi connectivity index (χ4n) is 4.56. The van der Waals surface area contributed by atoms with E-state index in [-0.39, 0.29) is 11.7 Å². The third-order valence-electron chi connectivity index (χ3n) is 6.33. The third kappa shape index (κ3) is 6.17. The van der Waals surface area contributed by atoms with Crippen molar-refractivity contribution in [3.05, 3.63) is 41.2 Å². The average molecular weight is 528 g/mol. The first-order valence-corrected chi connectivity index (χ1v) is 12.6. The van der Waals surface area contributed by atoms with Gasteiger partial charge in [-0.3, -0.25) is 10.1 Å². The zero-order valence-corrected chi connectivity index (χ0v) is 22.6. The van der Waals surface area contributed by atoms with Gasteiger partial charge in [-0.1, -0.05) is 0 Å². The summed E-state index contributed by atoms with van der Waals surface area (Å²) in [4.78, 5) is 39.9. The molecular formula is C26H34FN7O4. The number of halogens is 1. The molecule has 1 aliphatic rings. The van der Waals surface area contributed by atoms with Crippen molar-refractivity contribution < 1.29 is 23.5 Å². The number of amides is 1. The number of pyridine rings is 1. The van der Waals surface area contributed by atoms with E-state index in [9.17, 15) is 14.0 Å². The van der Waals surface area contributed by atoms with Gasteiger partial charge in [0.05, 0.1) is 25.5 Å². The molecular weight excluding hydrogens is 493 g/mol. The van der Waals surface area contributed by atoms with Crippen LogP contribution in [0.15, 0.2) is 18.5 Å². The Hall–Kier alpha value is -3.83. The Morgan fingerprint density at radius 2 is 1.97 bits per heavy atom. The maximum atomic E-state index is 14.4. The molecule has 1 amide bonds. The van der Waals surface area contributed by atoms with Gasteiger partial charge >= 0.3 is 12.1 Å². The second-order valence-corrected chi connectivity index (χ2v) is 11.0. The highest BCUT2D eigenvalue weighted by Crippen LogP contribution is 2.37. The molecule has 4 rings (SSSR count). The number of ether oxygens (including phenoxy) is 2. The molecule has 0 saturated carbocycles. The molecule has 2 N–H and O–H groups in total. The van der Waals surface area contributed by atoms with E-state index in [1.165, 1.54) is 19.4 Å².